The van der Waals surface area contributed by atoms with Crippen LogP contribution in [0, 0.1) is 16.0 Å². The quantitative estimate of drug-likeness (QED) is 0.460. The molecular formula is C16H20N2O5S. The Morgan fingerprint density at radius 2 is 2.08 bits per heavy atom. The molecule has 7 nitrogen and oxygen atoms in total. The molecule has 0 aliphatic heterocycles. The van der Waals surface area contributed by atoms with Crippen molar-refractivity contribution in [2.75, 3.05) is 0 Å². The zero-order chi connectivity index (χ0) is 18.1. The second-order valence-electron chi connectivity index (χ2n) is 6.04. The van der Waals surface area contributed by atoms with Gasteiger partial charge in [0.05, 0.1) is 15.7 Å². The summed E-state index contributed by atoms with van der Waals surface area (Å²) in [4.78, 5) is 25.5. The standard InChI is InChI=1S/C16H20N2O5S/c1-4-11-8-15(24(22,23)14-7-5-6-10(14)2)13(18(20)21)9-12(11)16(19)17-3/h8-10,14H,3-7H2,1-2H3. The fourth-order valence-corrected chi connectivity index (χ4v) is 5.58. The van der Waals surface area contributed by atoms with Crippen molar-refractivity contribution in [1.82, 2.24) is 0 Å². The van der Waals surface area contributed by atoms with Crippen LogP contribution < -0.4 is 0 Å². The molecule has 1 aromatic carbocycles. The summed E-state index contributed by atoms with van der Waals surface area (Å²) in [5.74, 6) is -0.746. The lowest BCUT2D eigenvalue weighted by Crippen LogP contribution is -2.25. The van der Waals surface area contributed by atoms with Gasteiger partial charge in [0.2, 0.25) is 0 Å². The molecule has 0 saturated heterocycles. The minimum absolute atomic E-state index is 0.0256. The van der Waals surface area contributed by atoms with E-state index in [2.05, 4.69) is 11.7 Å². The Labute approximate surface area is 140 Å². The first-order chi connectivity index (χ1) is 11.2. The number of hydrogen-bond donors (Lipinski definition) is 0. The molecule has 0 N–H and O–H groups in total. The highest BCUT2D eigenvalue weighted by atomic mass is 32.2. The summed E-state index contributed by atoms with van der Waals surface area (Å²) in [6.07, 6.45) is 2.43. The van der Waals surface area contributed by atoms with E-state index < -0.39 is 31.6 Å². The Kier molecular flexibility index (Phi) is 5.17. The SMILES string of the molecule is C=NC(=O)c1cc([N+](=O)[O-])c(S(=O)(=O)C2CCCC2C)cc1CC. The van der Waals surface area contributed by atoms with Gasteiger partial charge in [0.25, 0.3) is 11.6 Å². The number of aliphatic imine (C=N–C) groups is 1. The third kappa shape index (κ3) is 3.10. The summed E-state index contributed by atoms with van der Waals surface area (Å²) in [7, 11) is -3.84. The van der Waals surface area contributed by atoms with Crippen LogP contribution in [-0.2, 0) is 16.3 Å². The first-order valence-corrected chi connectivity index (χ1v) is 9.34. The number of nitro benzene ring substituents is 1. The van der Waals surface area contributed by atoms with Crippen molar-refractivity contribution in [3.63, 3.8) is 0 Å². The molecule has 1 amide bonds. The van der Waals surface area contributed by atoms with E-state index in [-0.39, 0.29) is 16.4 Å². The first-order valence-electron chi connectivity index (χ1n) is 7.80. The normalized spacial score (nSPS) is 20.8. The molecule has 1 aliphatic carbocycles. The zero-order valence-electron chi connectivity index (χ0n) is 13.7. The molecule has 1 aromatic rings. The van der Waals surface area contributed by atoms with Crippen molar-refractivity contribution in [3.05, 3.63) is 33.4 Å². The number of nitrogens with zero attached hydrogens (tertiary/aromatic N) is 2. The van der Waals surface area contributed by atoms with Crippen LogP contribution in [0.2, 0.25) is 0 Å². The van der Waals surface area contributed by atoms with Crippen LogP contribution in [0.3, 0.4) is 0 Å². The summed E-state index contributed by atoms with van der Waals surface area (Å²) >= 11 is 0. The second kappa shape index (κ2) is 6.80. The number of benzene rings is 1. The fraction of sp³-hybridized carbons (Fsp3) is 0.500. The third-order valence-electron chi connectivity index (χ3n) is 4.62. The molecule has 0 bridgehead atoms. The Morgan fingerprint density at radius 3 is 2.54 bits per heavy atom. The molecule has 0 spiro atoms. The van der Waals surface area contributed by atoms with Crippen molar-refractivity contribution in [2.45, 2.75) is 49.7 Å². The largest absolute Gasteiger partial charge is 0.288 e. The lowest BCUT2D eigenvalue weighted by atomic mass is 10.0. The third-order valence-corrected chi connectivity index (χ3v) is 7.06. The minimum atomic E-state index is -3.84. The van der Waals surface area contributed by atoms with Crippen LogP contribution in [-0.4, -0.2) is 31.2 Å². The Morgan fingerprint density at radius 1 is 1.42 bits per heavy atom. The summed E-state index contributed by atoms with van der Waals surface area (Å²) < 4.78 is 25.9. The Hall–Kier alpha value is -2.09. The van der Waals surface area contributed by atoms with E-state index in [1.165, 1.54) is 6.07 Å². The highest BCUT2D eigenvalue weighted by Crippen LogP contribution is 2.38. The van der Waals surface area contributed by atoms with Crippen molar-refractivity contribution in [2.24, 2.45) is 10.9 Å². The number of carbonyl (C=O) groups is 1. The Balaban J connectivity index is 2.71. The van der Waals surface area contributed by atoms with E-state index in [4.69, 9.17) is 0 Å². The topological polar surface area (TPSA) is 107 Å². The number of hydrogen-bond acceptors (Lipinski definition) is 5. The summed E-state index contributed by atoms with van der Waals surface area (Å²) in [6, 6.07) is 2.28. The van der Waals surface area contributed by atoms with Gasteiger partial charge in [-0.25, -0.2) is 13.4 Å². The van der Waals surface area contributed by atoms with E-state index in [1.54, 1.807) is 6.92 Å². The van der Waals surface area contributed by atoms with E-state index >= 15 is 0 Å². The maximum Gasteiger partial charge on any atom is 0.288 e. The zero-order valence-corrected chi connectivity index (χ0v) is 14.5. The van der Waals surface area contributed by atoms with Crippen LogP contribution in [0.5, 0.6) is 0 Å². The molecule has 1 aliphatic rings. The Bertz CT molecular complexity index is 801. The number of carbonyl (C=O) groups excluding carboxylic acids is 1. The first kappa shape index (κ1) is 18.3. The molecule has 0 heterocycles. The van der Waals surface area contributed by atoms with Crippen LogP contribution in [0.25, 0.3) is 0 Å². The van der Waals surface area contributed by atoms with Gasteiger partial charge in [-0.2, -0.15) is 0 Å². The fourth-order valence-electron chi connectivity index (χ4n) is 3.29. The summed E-state index contributed by atoms with van der Waals surface area (Å²) in [5.41, 5.74) is -0.127. The highest BCUT2D eigenvalue weighted by Gasteiger charge is 2.40. The number of rotatable bonds is 5. The molecule has 2 unspecified atom stereocenters. The predicted molar refractivity (Wildman–Crippen MR) is 90.3 cm³/mol. The van der Waals surface area contributed by atoms with Gasteiger partial charge in [-0.05, 0) is 43.5 Å². The number of sulfone groups is 1. The predicted octanol–water partition coefficient (Wildman–Crippen LogP) is 2.96. The van der Waals surface area contributed by atoms with Gasteiger partial charge in [-0.1, -0.05) is 20.3 Å². The van der Waals surface area contributed by atoms with Crippen LogP contribution in [0.4, 0.5) is 5.69 Å². The van der Waals surface area contributed by atoms with Gasteiger partial charge in [-0.3, -0.25) is 14.9 Å². The van der Waals surface area contributed by atoms with Gasteiger partial charge in [0, 0.05) is 6.07 Å². The number of amides is 1. The molecule has 1 saturated carbocycles. The van der Waals surface area contributed by atoms with Crippen molar-refractivity contribution < 1.29 is 18.1 Å². The van der Waals surface area contributed by atoms with E-state index in [9.17, 15) is 23.3 Å². The van der Waals surface area contributed by atoms with Gasteiger partial charge in [-0.15, -0.1) is 0 Å². The molecule has 0 aromatic heterocycles. The molecule has 2 rings (SSSR count). The van der Waals surface area contributed by atoms with Crippen LogP contribution in [0.1, 0.15) is 49.0 Å². The maximum absolute atomic E-state index is 13.0. The number of aryl methyl sites for hydroxylation is 1. The minimum Gasteiger partial charge on any atom is -0.267 e. The lowest BCUT2D eigenvalue weighted by molar-refractivity contribution is -0.387. The summed E-state index contributed by atoms with van der Waals surface area (Å²) in [5, 5.41) is 10.8. The van der Waals surface area contributed by atoms with Crippen LogP contribution >= 0.6 is 0 Å². The van der Waals surface area contributed by atoms with Gasteiger partial charge in [0.1, 0.15) is 4.90 Å². The molecular weight excluding hydrogens is 332 g/mol. The monoisotopic (exact) mass is 352 g/mol. The van der Waals surface area contributed by atoms with E-state index in [0.29, 0.717) is 18.4 Å². The highest BCUT2D eigenvalue weighted by molar-refractivity contribution is 7.92. The van der Waals surface area contributed by atoms with Gasteiger partial charge < -0.3 is 0 Å². The van der Waals surface area contributed by atoms with Crippen LogP contribution in [0.15, 0.2) is 22.0 Å². The summed E-state index contributed by atoms with van der Waals surface area (Å²) in [6.45, 7) is 6.74. The molecule has 8 heteroatoms. The smallest absolute Gasteiger partial charge is 0.267 e. The maximum atomic E-state index is 13.0. The molecule has 24 heavy (non-hydrogen) atoms. The molecule has 2 atom stereocenters. The molecule has 0 radical (unpaired) electrons. The molecule has 130 valence electrons. The van der Waals surface area contributed by atoms with Crippen molar-refractivity contribution in [1.29, 1.82) is 0 Å². The van der Waals surface area contributed by atoms with E-state index in [0.717, 1.165) is 18.9 Å². The van der Waals surface area contributed by atoms with Gasteiger partial charge >= 0.3 is 0 Å². The molecule has 1 fully saturated rings. The van der Waals surface area contributed by atoms with Crippen molar-refractivity contribution >= 4 is 28.1 Å². The lowest BCUT2D eigenvalue weighted by Gasteiger charge is -2.17. The average Bonchev–Trinajstić information content (AvgIpc) is 2.99. The van der Waals surface area contributed by atoms with E-state index in [1.807, 2.05) is 6.92 Å². The second-order valence-corrected chi connectivity index (χ2v) is 8.18. The van der Waals surface area contributed by atoms with Crippen molar-refractivity contribution in [3.8, 4) is 0 Å². The van der Waals surface area contributed by atoms with Gasteiger partial charge in [0.15, 0.2) is 9.84 Å². The number of nitro groups is 1. The average molecular weight is 352 g/mol.